The molecule has 1 aliphatic rings. The van der Waals surface area contributed by atoms with Gasteiger partial charge in [-0.2, -0.15) is 4.52 Å². The maximum atomic E-state index is 4.19. The van der Waals surface area contributed by atoms with Crippen LogP contribution >= 0.6 is 0 Å². The Morgan fingerprint density at radius 2 is 2.16 bits per heavy atom. The topological polar surface area (TPSA) is 68.0 Å². The van der Waals surface area contributed by atoms with Crippen LogP contribution in [0.1, 0.15) is 45.4 Å². The summed E-state index contributed by atoms with van der Waals surface area (Å²) in [6.45, 7) is 2.24. The molecule has 19 heavy (non-hydrogen) atoms. The van der Waals surface area contributed by atoms with Crippen LogP contribution in [0.5, 0.6) is 0 Å². The molecule has 1 saturated carbocycles. The zero-order valence-corrected chi connectivity index (χ0v) is 11.3. The van der Waals surface area contributed by atoms with E-state index in [1.54, 1.807) is 16.9 Å². The lowest BCUT2D eigenvalue weighted by atomic mass is 9.83. The lowest BCUT2D eigenvalue weighted by molar-refractivity contribution is 0.312. The van der Waals surface area contributed by atoms with Crippen molar-refractivity contribution in [3.8, 4) is 0 Å². The van der Waals surface area contributed by atoms with Crippen LogP contribution in [0.3, 0.4) is 0 Å². The van der Waals surface area contributed by atoms with Crippen molar-refractivity contribution in [3.63, 3.8) is 0 Å². The van der Waals surface area contributed by atoms with Gasteiger partial charge in [0, 0.05) is 6.04 Å². The molecule has 0 aliphatic heterocycles. The van der Waals surface area contributed by atoms with Crippen LogP contribution in [0, 0.1) is 5.92 Å². The predicted octanol–water partition coefficient (Wildman–Crippen LogP) is 2.29. The second kappa shape index (κ2) is 5.50. The van der Waals surface area contributed by atoms with Gasteiger partial charge in [0.15, 0.2) is 11.5 Å². The zero-order valence-electron chi connectivity index (χ0n) is 11.3. The molecule has 0 spiro atoms. The van der Waals surface area contributed by atoms with Gasteiger partial charge in [-0.15, -0.1) is 5.10 Å². The number of fused-ring (bicyclic) bond motifs is 1. The van der Waals surface area contributed by atoms with Crippen molar-refractivity contribution in [2.45, 2.75) is 51.5 Å². The maximum Gasteiger partial charge on any atom is 0.199 e. The summed E-state index contributed by atoms with van der Waals surface area (Å²) in [7, 11) is 0. The summed E-state index contributed by atoms with van der Waals surface area (Å²) in [5, 5.41) is 15.2. The molecule has 1 aliphatic carbocycles. The number of aromatic nitrogens is 5. The molecular formula is C13H20N6. The third-order valence-corrected chi connectivity index (χ3v) is 4.10. The van der Waals surface area contributed by atoms with Crippen LogP contribution in [0.15, 0.2) is 12.4 Å². The molecular weight excluding hydrogens is 240 g/mol. The van der Waals surface area contributed by atoms with E-state index in [1.807, 2.05) is 0 Å². The van der Waals surface area contributed by atoms with Crippen LogP contribution < -0.4 is 5.32 Å². The molecule has 2 aromatic heterocycles. The van der Waals surface area contributed by atoms with Gasteiger partial charge in [0.1, 0.15) is 0 Å². The van der Waals surface area contributed by atoms with Gasteiger partial charge in [0.05, 0.1) is 12.4 Å². The van der Waals surface area contributed by atoms with Crippen molar-refractivity contribution in [2.24, 2.45) is 5.92 Å². The second-order valence-electron chi connectivity index (χ2n) is 5.30. The number of hydrogen-bond donors (Lipinski definition) is 1. The minimum absolute atomic E-state index is 0.483. The van der Waals surface area contributed by atoms with Gasteiger partial charge in [-0.3, -0.25) is 4.98 Å². The highest BCUT2D eigenvalue weighted by Gasteiger charge is 2.23. The summed E-state index contributed by atoms with van der Waals surface area (Å²) < 4.78 is 1.72. The molecule has 0 radical (unpaired) electrons. The molecule has 1 N–H and O–H groups in total. The van der Waals surface area contributed by atoms with Crippen LogP contribution in [-0.2, 0) is 0 Å². The van der Waals surface area contributed by atoms with Crippen LogP contribution in [0.2, 0.25) is 0 Å². The average molecular weight is 260 g/mol. The molecule has 102 valence electrons. The largest absolute Gasteiger partial charge is 0.366 e. The standard InChI is InChI=1S/C13H20N6/c1-2-11(10-6-4-3-5-7-10)15-12-8-14-9-13-16-17-18-19(12)13/h8-11,15H,2-7H2,1H3. The number of tetrazole rings is 1. The molecule has 0 aromatic carbocycles. The fourth-order valence-corrected chi connectivity index (χ4v) is 3.05. The molecule has 3 rings (SSSR count). The Morgan fingerprint density at radius 1 is 1.32 bits per heavy atom. The Bertz CT molecular complexity index is 531. The first-order chi connectivity index (χ1) is 9.38. The van der Waals surface area contributed by atoms with E-state index < -0.39 is 0 Å². The van der Waals surface area contributed by atoms with Gasteiger partial charge >= 0.3 is 0 Å². The third kappa shape index (κ3) is 2.52. The number of hydrogen-bond acceptors (Lipinski definition) is 5. The van der Waals surface area contributed by atoms with E-state index in [0.717, 1.165) is 18.2 Å². The predicted molar refractivity (Wildman–Crippen MR) is 72.9 cm³/mol. The Morgan fingerprint density at radius 3 is 2.95 bits per heavy atom. The quantitative estimate of drug-likeness (QED) is 0.913. The van der Waals surface area contributed by atoms with E-state index in [2.05, 4.69) is 32.7 Å². The van der Waals surface area contributed by atoms with Gasteiger partial charge in [-0.1, -0.05) is 26.2 Å². The van der Waals surface area contributed by atoms with Crippen molar-refractivity contribution in [2.75, 3.05) is 5.32 Å². The minimum Gasteiger partial charge on any atom is -0.366 e. The van der Waals surface area contributed by atoms with E-state index in [1.165, 1.54) is 32.1 Å². The number of nitrogens with one attached hydrogen (secondary N) is 1. The Hall–Kier alpha value is -1.72. The van der Waals surface area contributed by atoms with Crippen LogP contribution in [-0.4, -0.2) is 31.1 Å². The summed E-state index contributed by atoms with van der Waals surface area (Å²) in [6.07, 6.45) is 11.3. The van der Waals surface area contributed by atoms with Gasteiger partial charge in [0.25, 0.3) is 0 Å². The van der Waals surface area contributed by atoms with Crippen LogP contribution in [0.25, 0.3) is 5.65 Å². The fraction of sp³-hybridized carbons (Fsp3) is 0.692. The SMILES string of the molecule is CCC(Nc1cncc2nnnn12)C1CCCCC1. The zero-order chi connectivity index (χ0) is 13.1. The molecule has 0 saturated heterocycles. The third-order valence-electron chi connectivity index (χ3n) is 4.10. The summed E-state index contributed by atoms with van der Waals surface area (Å²) >= 11 is 0. The molecule has 0 bridgehead atoms. The van der Waals surface area contributed by atoms with E-state index in [-0.39, 0.29) is 0 Å². The molecule has 6 nitrogen and oxygen atoms in total. The molecule has 2 aromatic rings. The van der Waals surface area contributed by atoms with Crippen LogP contribution in [0.4, 0.5) is 5.82 Å². The monoisotopic (exact) mass is 260 g/mol. The van der Waals surface area contributed by atoms with Crippen molar-refractivity contribution < 1.29 is 0 Å². The van der Waals surface area contributed by atoms with Gasteiger partial charge in [-0.05, 0) is 35.6 Å². The van der Waals surface area contributed by atoms with E-state index in [9.17, 15) is 0 Å². The molecule has 2 heterocycles. The smallest absolute Gasteiger partial charge is 0.199 e. The molecule has 6 heteroatoms. The summed E-state index contributed by atoms with van der Waals surface area (Å²) in [5.41, 5.74) is 0.684. The fourth-order valence-electron chi connectivity index (χ4n) is 3.05. The molecule has 1 atom stereocenters. The van der Waals surface area contributed by atoms with Crippen molar-refractivity contribution in [3.05, 3.63) is 12.4 Å². The highest BCUT2D eigenvalue weighted by Crippen LogP contribution is 2.29. The van der Waals surface area contributed by atoms with Gasteiger partial charge in [0.2, 0.25) is 0 Å². The Balaban J connectivity index is 1.79. The van der Waals surface area contributed by atoms with Gasteiger partial charge in [-0.25, -0.2) is 0 Å². The lowest BCUT2D eigenvalue weighted by Gasteiger charge is -2.30. The Labute approximate surface area is 112 Å². The van der Waals surface area contributed by atoms with Crippen molar-refractivity contribution in [1.82, 2.24) is 25.0 Å². The molecule has 0 amide bonds. The maximum absolute atomic E-state index is 4.19. The summed E-state index contributed by atoms with van der Waals surface area (Å²) in [4.78, 5) is 4.19. The van der Waals surface area contributed by atoms with Gasteiger partial charge < -0.3 is 5.32 Å². The molecule has 1 unspecified atom stereocenters. The highest BCUT2D eigenvalue weighted by molar-refractivity contribution is 5.44. The first kappa shape index (κ1) is 12.3. The minimum atomic E-state index is 0.483. The molecule has 1 fully saturated rings. The van der Waals surface area contributed by atoms with E-state index >= 15 is 0 Å². The summed E-state index contributed by atoms with van der Waals surface area (Å²) in [5.74, 6) is 1.64. The first-order valence-corrected chi connectivity index (χ1v) is 7.17. The average Bonchev–Trinajstić information content (AvgIpc) is 2.95. The van der Waals surface area contributed by atoms with E-state index in [4.69, 9.17) is 0 Å². The summed E-state index contributed by atoms with van der Waals surface area (Å²) in [6, 6.07) is 0.483. The Kier molecular flexibility index (Phi) is 3.57. The number of rotatable bonds is 4. The number of anilines is 1. The second-order valence-corrected chi connectivity index (χ2v) is 5.30. The van der Waals surface area contributed by atoms with Crippen molar-refractivity contribution in [1.29, 1.82) is 0 Å². The highest BCUT2D eigenvalue weighted by atomic mass is 15.5. The van der Waals surface area contributed by atoms with Crippen molar-refractivity contribution >= 4 is 11.5 Å². The number of nitrogens with zero attached hydrogens (tertiary/aromatic N) is 5. The normalized spacial score (nSPS) is 18.6. The lowest BCUT2D eigenvalue weighted by Crippen LogP contribution is -2.31. The first-order valence-electron chi connectivity index (χ1n) is 7.17. The van der Waals surface area contributed by atoms with E-state index in [0.29, 0.717) is 11.7 Å².